The molecular formula is C18H29N3O3. The molecule has 1 unspecified atom stereocenters. The molecule has 0 aliphatic carbocycles. The Morgan fingerprint density at radius 2 is 2.08 bits per heavy atom. The summed E-state index contributed by atoms with van der Waals surface area (Å²) in [6, 6.07) is 8.31. The summed E-state index contributed by atoms with van der Waals surface area (Å²) in [5.41, 5.74) is 1.18. The lowest BCUT2D eigenvalue weighted by Gasteiger charge is -2.28. The molecule has 2 rings (SSSR count). The lowest BCUT2D eigenvalue weighted by Crippen LogP contribution is -2.40. The molecule has 1 heterocycles. The number of amides is 1. The zero-order valence-electron chi connectivity index (χ0n) is 14.7. The van der Waals surface area contributed by atoms with Gasteiger partial charge in [-0.05, 0) is 43.6 Å². The lowest BCUT2D eigenvalue weighted by atomic mass is 10.0. The summed E-state index contributed by atoms with van der Waals surface area (Å²) in [5.74, 6) is 0.863. The number of carbonyl (C=O) groups is 1. The summed E-state index contributed by atoms with van der Waals surface area (Å²) in [4.78, 5) is 14.5. The second-order valence-electron chi connectivity index (χ2n) is 6.01. The van der Waals surface area contributed by atoms with Gasteiger partial charge in [-0.15, -0.1) is 0 Å². The molecule has 1 fully saturated rings. The van der Waals surface area contributed by atoms with Crippen LogP contribution in [0.1, 0.15) is 24.4 Å². The lowest BCUT2D eigenvalue weighted by molar-refractivity contribution is -0.120. The molecular weight excluding hydrogens is 306 g/mol. The van der Waals surface area contributed by atoms with Crippen molar-refractivity contribution in [2.75, 3.05) is 53.6 Å². The molecule has 0 aromatic heterocycles. The number of carbonyl (C=O) groups excluding carboxylic acids is 1. The molecule has 1 saturated heterocycles. The van der Waals surface area contributed by atoms with Crippen LogP contribution in [0, 0.1) is 0 Å². The second-order valence-corrected chi connectivity index (χ2v) is 6.01. The van der Waals surface area contributed by atoms with E-state index in [1.54, 1.807) is 14.2 Å². The van der Waals surface area contributed by atoms with E-state index in [2.05, 4.69) is 27.7 Å². The van der Waals surface area contributed by atoms with Crippen molar-refractivity contribution in [3.63, 3.8) is 0 Å². The van der Waals surface area contributed by atoms with E-state index < -0.39 is 0 Å². The molecule has 1 atom stereocenters. The highest BCUT2D eigenvalue weighted by atomic mass is 16.5. The van der Waals surface area contributed by atoms with E-state index >= 15 is 0 Å². The maximum absolute atomic E-state index is 12.0. The fraction of sp³-hybridized carbons (Fsp3) is 0.611. The van der Waals surface area contributed by atoms with Crippen LogP contribution in [-0.2, 0) is 9.53 Å². The van der Waals surface area contributed by atoms with Crippen molar-refractivity contribution in [2.45, 2.75) is 18.9 Å². The van der Waals surface area contributed by atoms with Gasteiger partial charge in [-0.25, -0.2) is 0 Å². The van der Waals surface area contributed by atoms with Crippen LogP contribution in [0.5, 0.6) is 5.75 Å². The van der Waals surface area contributed by atoms with Gasteiger partial charge in [0, 0.05) is 20.2 Å². The minimum Gasteiger partial charge on any atom is -0.497 e. The highest BCUT2D eigenvalue weighted by Gasteiger charge is 2.24. The Kier molecular flexibility index (Phi) is 8.01. The zero-order chi connectivity index (χ0) is 17.2. The van der Waals surface area contributed by atoms with E-state index in [-0.39, 0.29) is 11.9 Å². The number of rotatable bonds is 10. The summed E-state index contributed by atoms with van der Waals surface area (Å²) in [6.07, 6.45) is 2.43. The van der Waals surface area contributed by atoms with Gasteiger partial charge in [0.15, 0.2) is 0 Å². The molecule has 24 heavy (non-hydrogen) atoms. The van der Waals surface area contributed by atoms with E-state index in [9.17, 15) is 4.79 Å². The predicted octanol–water partition coefficient (Wildman–Crippen LogP) is 1.18. The zero-order valence-corrected chi connectivity index (χ0v) is 14.7. The first-order valence-electron chi connectivity index (χ1n) is 8.59. The Bertz CT molecular complexity index is 504. The summed E-state index contributed by atoms with van der Waals surface area (Å²) in [7, 11) is 3.33. The molecule has 6 heteroatoms. The van der Waals surface area contributed by atoms with Crippen LogP contribution in [0.15, 0.2) is 24.3 Å². The number of hydrogen-bond donors (Lipinski definition) is 2. The first kappa shape index (κ1) is 18.7. The summed E-state index contributed by atoms with van der Waals surface area (Å²) >= 11 is 0. The first-order valence-corrected chi connectivity index (χ1v) is 8.59. The van der Waals surface area contributed by atoms with Gasteiger partial charge in [0.2, 0.25) is 5.91 Å². The van der Waals surface area contributed by atoms with Crippen molar-refractivity contribution in [1.29, 1.82) is 0 Å². The van der Waals surface area contributed by atoms with Gasteiger partial charge in [0.25, 0.3) is 0 Å². The molecule has 0 spiro atoms. The Morgan fingerprint density at radius 1 is 1.29 bits per heavy atom. The minimum atomic E-state index is 0.0122. The molecule has 1 aliphatic heterocycles. The number of hydrogen-bond acceptors (Lipinski definition) is 5. The monoisotopic (exact) mass is 335 g/mol. The van der Waals surface area contributed by atoms with Crippen molar-refractivity contribution in [3.8, 4) is 5.75 Å². The Labute approximate surface area is 144 Å². The molecule has 2 N–H and O–H groups in total. The van der Waals surface area contributed by atoms with Gasteiger partial charge in [-0.2, -0.15) is 0 Å². The number of benzene rings is 1. The fourth-order valence-corrected chi connectivity index (χ4v) is 3.01. The Morgan fingerprint density at radius 3 is 2.79 bits per heavy atom. The van der Waals surface area contributed by atoms with Crippen LogP contribution in [0.4, 0.5) is 0 Å². The number of ether oxygens (including phenoxy) is 2. The van der Waals surface area contributed by atoms with Crippen LogP contribution in [0.25, 0.3) is 0 Å². The second kappa shape index (κ2) is 10.3. The van der Waals surface area contributed by atoms with Crippen LogP contribution in [0.2, 0.25) is 0 Å². The quantitative estimate of drug-likeness (QED) is 0.629. The van der Waals surface area contributed by atoms with Crippen molar-refractivity contribution >= 4 is 5.91 Å². The van der Waals surface area contributed by atoms with Crippen LogP contribution in [0.3, 0.4) is 0 Å². The van der Waals surface area contributed by atoms with E-state index in [4.69, 9.17) is 9.47 Å². The maximum Gasteiger partial charge on any atom is 0.234 e. The standard InChI is InChI=1S/C18H29N3O3/c1-23-11-8-19-14-18(22)20-13-17(21-9-3-4-10-21)15-6-5-7-16(12-15)24-2/h5-7,12,17,19H,3-4,8-11,13-14H2,1-2H3,(H,20,22). The van der Waals surface area contributed by atoms with E-state index in [1.165, 1.54) is 18.4 Å². The van der Waals surface area contributed by atoms with Gasteiger partial charge in [0.05, 0.1) is 26.3 Å². The summed E-state index contributed by atoms with van der Waals surface area (Å²) in [5, 5.41) is 6.11. The molecule has 6 nitrogen and oxygen atoms in total. The molecule has 0 radical (unpaired) electrons. The van der Waals surface area contributed by atoms with Crippen molar-refractivity contribution in [2.24, 2.45) is 0 Å². The summed E-state index contributed by atoms with van der Waals surface area (Å²) in [6.45, 7) is 4.35. The number of methoxy groups -OCH3 is 2. The molecule has 1 aromatic carbocycles. The van der Waals surface area contributed by atoms with E-state index in [0.717, 1.165) is 18.8 Å². The topological polar surface area (TPSA) is 62.8 Å². The molecule has 0 saturated carbocycles. The average molecular weight is 335 g/mol. The van der Waals surface area contributed by atoms with E-state index in [1.807, 2.05) is 12.1 Å². The van der Waals surface area contributed by atoms with Crippen LogP contribution in [-0.4, -0.2) is 64.4 Å². The van der Waals surface area contributed by atoms with Crippen LogP contribution >= 0.6 is 0 Å². The first-order chi connectivity index (χ1) is 11.7. The molecule has 134 valence electrons. The van der Waals surface area contributed by atoms with Crippen LogP contribution < -0.4 is 15.4 Å². The van der Waals surface area contributed by atoms with Gasteiger partial charge < -0.3 is 20.1 Å². The highest BCUT2D eigenvalue weighted by molar-refractivity contribution is 5.78. The van der Waals surface area contributed by atoms with Gasteiger partial charge in [-0.1, -0.05) is 12.1 Å². The molecule has 0 bridgehead atoms. The number of likely N-dealkylation sites (tertiary alicyclic amines) is 1. The maximum atomic E-state index is 12.0. The molecule has 1 amide bonds. The largest absolute Gasteiger partial charge is 0.497 e. The Balaban J connectivity index is 1.92. The highest BCUT2D eigenvalue weighted by Crippen LogP contribution is 2.27. The average Bonchev–Trinajstić information content (AvgIpc) is 3.13. The van der Waals surface area contributed by atoms with Crippen molar-refractivity contribution < 1.29 is 14.3 Å². The predicted molar refractivity (Wildman–Crippen MR) is 94.3 cm³/mol. The minimum absolute atomic E-state index is 0.0122. The number of nitrogens with one attached hydrogen (secondary N) is 2. The normalized spacial score (nSPS) is 16.1. The Hall–Kier alpha value is -1.63. The van der Waals surface area contributed by atoms with Crippen molar-refractivity contribution in [1.82, 2.24) is 15.5 Å². The smallest absolute Gasteiger partial charge is 0.234 e. The molecule has 1 aliphatic rings. The third-order valence-electron chi connectivity index (χ3n) is 4.32. The van der Waals surface area contributed by atoms with Gasteiger partial charge in [0.1, 0.15) is 5.75 Å². The fourth-order valence-electron chi connectivity index (χ4n) is 3.01. The van der Waals surface area contributed by atoms with Gasteiger partial charge in [-0.3, -0.25) is 9.69 Å². The van der Waals surface area contributed by atoms with E-state index in [0.29, 0.717) is 26.2 Å². The SMILES string of the molecule is COCCNCC(=O)NCC(c1cccc(OC)c1)N1CCCC1. The third-order valence-corrected chi connectivity index (χ3v) is 4.32. The molecule has 1 aromatic rings. The number of nitrogens with zero attached hydrogens (tertiary/aromatic N) is 1. The van der Waals surface area contributed by atoms with Gasteiger partial charge >= 0.3 is 0 Å². The third kappa shape index (κ3) is 5.78. The van der Waals surface area contributed by atoms with Crippen molar-refractivity contribution in [3.05, 3.63) is 29.8 Å². The summed E-state index contributed by atoms with van der Waals surface area (Å²) < 4.78 is 10.3.